The molecule has 0 saturated carbocycles. The van der Waals surface area contributed by atoms with E-state index in [1.807, 2.05) is 13.8 Å². The van der Waals surface area contributed by atoms with Gasteiger partial charge in [-0.3, -0.25) is 24.5 Å². The summed E-state index contributed by atoms with van der Waals surface area (Å²) >= 11 is 0. The van der Waals surface area contributed by atoms with Gasteiger partial charge in [0.1, 0.15) is 11.6 Å². The van der Waals surface area contributed by atoms with Crippen molar-refractivity contribution in [1.29, 1.82) is 0 Å². The maximum atomic E-state index is 13.6. The Kier molecular flexibility index (Phi) is 12.3. The van der Waals surface area contributed by atoms with Gasteiger partial charge in [-0.25, -0.2) is 8.42 Å². The molecule has 41 heavy (non-hydrogen) atoms. The van der Waals surface area contributed by atoms with E-state index in [0.29, 0.717) is 19.3 Å². The number of hydrogen-bond acceptors (Lipinski definition) is 8. The van der Waals surface area contributed by atoms with Gasteiger partial charge in [-0.05, 0) is 77.3 Å². The summed E-state index contributed by atoms with van der Waals surface area (Å²) in [5.41, 5.74) is -1.02. The second-order valence-corrected chi connectivity index (χ2v) is 13.8. The topological polar surface area (TPSA) is 165 Å². The molecular formula is C28H44N4O8S. The second kappa shape index (κ2) is 14.7. The van der Waals surface area contributed by atoms with E-state index in [9.17, 15) is 32.9 Å². The van der Waals surface area contributed by atoms with Gasteiger partial charge in [0.25, 0.3) is 5.69 Å². The summed E-state index contributed by atoms with van der Waals surface area (Å²) in [6.07, 6.45) is 1.99. The number of nitrogens with one attached hydrogen (secondary N) is 2. The Bertz CT molecular complexity index is 1180. The highest BCUT2D eigenvalue weighted by Crippen LogP contribution is 2.30. The molecule has 13 heteroatoms. The Labute approximate surface area is 242 Å². The number of likely N-dealkylation sites (N-methyl/N-ethyl adjacent to an activating group) is 1. The molecule has 0 radical (unpaired) electrons. The average molecular weight is 597 g/mol. The Balaban J connectivity index is 2.48. The third-order valence-corrected chi connectivity index (χ3v) is 8.81. The van der Waals surface area contributed by atoms with Crippen LogP contribution in [0.5, 0.6) is 0 Å². The molecule has 1 heterocycles. The van der Waals surface area contributed by atoms with Crippen molar-refractivity contribution in [2.24, 2.45) is 17.8 Å². The number of hydrogen-bond donors (Lipinski definition) is 2. The highest BCUT2D eigenvalue weighted by atomic mass is 32.2. The van der Waals surface area contributed by atoms with Crippen LogP contribution in [0.15, 0.2) is 29.2 Å². The maximum Gasteiger partial charge on any atom is 0.310 e. The minimum atomic E-state index is -4.01. The van der Waals surface area contributed by atoms with Crippen molar-refractivity contribution in [2.45, 2.75) is 89.7 Å². The van der Waals surface area contributed by atoms with Crippen molar-refractivity contribution in [3.8, 4) is 0 Å². The van der Waals surface area contributed by atoms with E-state index in [1.54, 1.807) is 20.8 Å². The lowest BCUT2D eigenvalue weighted by Gasteiger charge is -2.31. The lowest BCUT2D eigenvalue weighted by molar-refractivity contribution is -0.384. The third-order valence-electron chi connectivity index (χ3n) is 6.89. The number of ether oxygens (including phenoxy) is 1. The first-order valence-corrected chi connectivity index (χ1v) is 15.5. The number of nitro groups is 1. The number of non-ortho nitro benzene ring substituents is 1. The van der Waals surface area contributed by atoms with Gasteiger partial charge in [0.2, 0.25) is 21.8 Å². The van der Waals surface area contributed by atoms with Gasteiger partial charge in [-0.2, -0.15) is 4.31 Å². The van der Waals surface area contributed by atoms with Crippen molar-refractivity contribution in [3.63, 3.8) is 0 Å². The zero-order valence-electron chi connectivity index (χ0n) is 24.8. The summed E-state index contributed by atoms with van der Waals surface area (Å²) < 4.78 is 34.1. The summed E-state index contributed by atoms with van der Waals surface area (Å²) in [6.45, 7) is 9.31. The molecule has 2 amide bonds. The number of sulfonamides is 1. The van der Waals surface area contributed by atoms with Crippen LogP contribution >= 0.6 is 0 Å². The number of carbonyl (C=O) groups is 3. The molecule has 3 atom stereocenters. The summed E-state index contributed by atoms with van der Waals surface area (Å²) in [7, 11) is -2.54. The Morgan fingerprint density at radius 1 is 1.12 bits per heavy atom. The molecule has 0 bridgehead atoms. The van der Waals surface area contributed by atoms with Crippen LogP contribution in [0.25, 0.3) is 0 Å². The van der Waals surface area contributed by atoms with E-state index < -0.39 is 50.3 Å². The zero-order chi connectivity index (χ0) is 31.0. The third kappa shape index (κ3) is 10.1. The molecule has 0 aromatic heterocycles. The van der Waals surface area contributed by atoms with Crippen molar-refractivity contribution in [2.75, 3.05) is 20.1 Å². The molecule has 1 aromatic carbocycles. The number of rotatable bonds is 7. The van der Waals surface area contributed by atoms with Crippen molar-refractivity contribution in [1.82, 2.24) is 14.9 Å². The fourth-order valence-corrected chi connectivity index (χ4v) is 6.43. The summed E-state index contributed by atoms with van der Waals surface area (Å²) in [6, 6.07) is 3.87. The first-order chi connectivity index (χ1) is 19.1. The van der Waals surface area contributed by atoms with E-state index in [-0.39, 0.29) is 54.8 Å². The Morgan fingerprint density at radius 3 is 2.27 bits per heavy atom. The van der Waals surface area contributed by atoms with E-state index in [4.69, 9.17) is 4.74 Å². The molecule has 0 aliphatic carbocycles. The van der Waals surface area contributed by atoms with Crippen LogP contribution in [-0.4, -0.2) is 67.2 Å². The number of nitro benzene ring substituents is 1. The first-order valence-electron chi connectivity index (χ1n) is 14.1. The van der Waals surface area contributed by atoms with Crippen LogP contribution in [0.1, 0.15) is 73.1 Å². The molecule has 1 fully saturated rings. The van der Waals surface area contributed by atoms with Crippen LogP contribution in [0, 0.1) is 27.9 Å². The fraction of sp³-hybridized carbons (Fsp3) is 0.679. The lowest BCUT2D eigenvalue weighted by atomic mass is 9.81. The molecule has 12 nitrogen and oxygen atoms in total. The van der Waals surface area contributed by atoms with Crippen LogP contribution in [-0.2, 0) is 29.1 Å². The summed E-state index contributed by atoms with van der Waals surface area (Å²) in [5.74, 6) is -2.90. The van der Waals surface area contributed by atoms with Crippen LogP contribution in [0.3, 0.4) is 0 Å². The number of esters is 1. The normalized spacial score (nSPS) is 22.0. The Morgan fingerprint density at radius 2 is 1.73 bits per heavy atom. The Hall–Kier alpha value is -3.06. The van der Waals surface area contributed by atoms with Gasteiger partial charge >= 0.3 is 5.97 Å². The van der Waals surface area contributed by atoms with Crippen LogP contribution in [0.4, 0.5) is 5.69 Å². The van der Waals surface area contributed by atoms with E-state index in [0.717, 1.165) is 12.1 Å². The zero-order valence-corrected chi connectivity index (χ0v) is 25.7. The van der Waals surface area contributed by atoms with Crippen LogP contribution < -0.4 is 10.6 Å². The molecule has 1 aliphatic rings. The van der Waals surface area contributed by atoms with Crippen molar-refractivity contribution < 1.29 is 32.5 Å². The average Bonchev–Trinajstić information content (AvgIpc) is 2.89. The highest BCUT2D eigenvalue weighted by molar-refractivity contribution is 7.89. The monoisotopic (exact) mass is 596 g/mol. The number of amides is 2. The molecular weight excluding hydrogens is 552 g/mol. The summed E-state index contributed by atoms with van der Waals surface area (Å²) in [5, 5.41) is 16.5. The number of carbonyl (C=O) groups excluding carboxylic acids is 3. The van der Waals surface area contributed by atoms with Gasteiger partial charge in [0.05, 0.1) is 21.7 Å². The van der Waals surface area contributed by atoms with Gasteiger partial charge in [0.15, 0.2) is 0 Å². The van der Waals surface area contributed by atoms with Gasteiger partial charge in [-0.15, -0.1) is 0 Å². The summed E-state index contributed by atoms with van der Waals surface area (Å²) in [4.78, 5) is 50.0. The molecule has 1 aromatic rings. The van der Waals surface area contributed by atoms with Gasteiger partial charge in [-0.1, -0.05) is 13.8 Å². The minimum absolute atomic E-state index is 0.0591. The van der Waals surface area contributed by atoms with E-state index in [1.165, 1.54) is 23.5 Å². The standard InChI is InChI=1S/C28H44N4O8S/c1-19(2)18-23-22(27(35)40-28(3,4)5)10-9-17-31(16-8-7-11-24(26(34)29-6)30-25(23)33)41(38,39)21-14-12-20(13-15-21)32(36)37/h12-15,19,22-24H,7-11,16-18H2,1-6H3,(H,29,34)(H,30,33)/t22-,23?,24?/m0/s1. The van der Waals surface area contributed by atoms with Crippen molar-refractivity contribution >= 4 is 33.5 Å². The van der Waals surface area contributed by atoms with E-state index in [2.05, 4.69) is 10.6 Å². The molecule has 230 valence electrons. The van der Waals surface area contributed by atoms with Gasteiger partial charge < -0.3 is 15.4 Å². The van der Waals surface area contributed by atoms with Gasteiger partial charge in [0, 0.05) is 32.3 Å². The number of nitrogens with zero attached hydrogens (tertiary/aromatic N) is 2. The quantitative estimate of drug-likeness (QED) is 0.275. The smallest absolute Gasteiger partial charge is 0.310 e. The maximum absolute atomic E-state index is 13.6. The van der Waals surface area contributed by atoms with Crippen LogP contribution in [0.2, 0.25) is 0 Å². The first kappa shape index (κ1) is 34.1. The highest BCUT2D eigenvalue weighted by Gasteiger charge is 2.38. The predicted molar refractivity (Wildman–Crippen MR) is 153 cm³/mol. The molecule has 2 N–H and O–H groups in total. The molecule has 1 saturated heterocycles. The number of benzene rings is 1. The minimum Gasteiger partial charge on any atom is -0.460 e. The van der Waals surface area contributed by atoms with E-state index >= 15 is 0 Å². The predicted octanol–water partition coefficient (Wildman–Crippen LogP) is 3.40. The fourth-order valence-electron chi connectivity index (χ4n) is 4.91. The lowest BCUT2D eigenvalue weighted by Crippen LogP contribution is -2.50. The molecule has 2 unspecified atom stereocenters. The van der Waals surface area contributed by atoms with Crippen molar-refractivity contribution in [3.05, 3.63) is 34.4 Å². The SMILES string of the molecule is CNC(=O)C1CCCCN(S(=O)(=O)c2ccc([N+](=O)[O-])cc2)CCC[C@H](C(=O)OC(C)(C)C)C(CC(C)C)C(=O)N1. The molecule has 1 aliphatic heterocycles. The molecule has 2 rings (SSSR count). The second-order valence-electron chi connectivity index (χ2n) is 11.8. The molecule has 0 spiro atoms. The largest absolute Gasteiger partial charge is 0.460 e.